The summed E-state index contributed by atoms with van der Waals surface area (Å²) in [5.41, 5.74) is 1.61. The van der Waals surface area contributed by atoms with Gasteiger partial charge in [0.15, 0.2) is 25.0 Å². The first-order valence-corrected chi connectivity index (χ1v) is 28.3. The van der Waals surface area contributed by atoms with Gasteiger partial charge in [-0.2, -0.15) is 0 Å². The van der Waals surface area contributed by atoms with E-state index in [1.807, 2.05) is 50.4 Å². The number of benzene rings is 1. The highest BCUT2D eigenvalue weighted by Crippen LogP contribution is 2.32. The zero-order valence-corrected chi connectivity index (χ0v) is 30.7. The fourth-order valence-electron chi connectivity index (χ4n) is 4.17. The van der Waals surface area contributed by atoms with Gasteiger partial charge in [-0.15, -0.1) is 0 Å². The summed E-state index contributed by atoms with van der Waals surface area (Å²) in [5, 5.41) is 0. The van der Waals surface area contributed by atoms with E-state index in [2.05, 4.69) is 65.5 Å². The normalized spacial score (nSPS) is 16.1. The maximum absolute atomic E-state index is 12.6. The van der Waals surface area contributed by atoms with E-state index < -0.39 is 42.1 Å². The summed E-state index contributed by atoms with van der Waals surface area (Å²) >= 11 is 0. The van der Waals surface area contributed by atoms with Crippen LogP contribution in [0.3, 0.4) is 0 Å². The number of ether oxygens (including phenoxy) is 1. The second kappa shape index (κ2) is 13.7. The Bertz CT molecular complexity index is 857. The summed E-state index contributed by atoms with van der Waals surface area (Å²) in [5.74, 6) is -0.297. The molecule has 0 aromatic heterocycles. The second-order valence-electron chi connectivity index (χ2n) is 12.9. The van der Waals surface area contributed by atoms with Gasteiger partial charge in [0.05, 0.1) is 12.2 Å². The van der Waals surface area contributed by atoms with Crippen LogP contribution < -0.4 is 4.90 Å². The molecule has 0 saturated heterocycles. The summed E-state index contributed by atoms with van der Waals surface area (Å²) in [6.45, 7) is 22.5. The quantitative estimate of drug-likeness (QED) is 0.114. The Morgan fingerprint density at radius 3 is 1.65 bits per heavy atom. The fourth-order valence-corrected chi connectivity index (χ4v) is 26.1. The predicted molar refractivity (Wildman–Crippen MR) is 168 cm³/mol. The van der Waals surface area contributed by atoms with E-state index in [4.69, 9.17) is 21.5 Å². The van der Waals surface area contributed by atoms with Gasteiger partial charge in [0.25, 0.3) is 0 Å². The average molecular weight is 604 g/mol. The van der Waals surface area contributed by atoms with E-state index >= 15 is 0 Å². The van der Waals surface area contributed by atoms with Gasteiger partial charge in [-0.05, 0) is 114 Å². The summed E-state index contributed by atoms with van der Waals surface area (Å²) in [6, 6.07) is 10.1. The number of carbonyl (C=O) groups excluding carboxylic acids is 1. The van der Waals surface area contributed by atoms with Crippen molar-refractivity contribution < 1.29 is 26.3 Å². The van der Waals surface area contributed by atoms with Crippen molar-refractivity contribution in [3.05, 3.63) is 29.8 Å². The van der Waals surface area contributed by atoms with Crippen molar-refractivity contribution in [3.8, 4) is 0 Å². The second-order valence-corrected chi connectivity index (χ2v) is 33.8. The number of carbonyl (C=O) groups is 1. The van der Waals surface area contributed by atoms with Crippen LogP contribution in [0, 0.1) is 0 Å². The van der Waals surface area contributed by atoms with Crippen molar-refractivity contribution in [2.75, 3.05) is 32.7 Å². The molecule has 2 atom stereocenters. The highest BCUT2D eigenvalue weighted by atomic mass is 28.5. The molecule has 0 aliphatic heterocycles. The zero-order chi connectivity index (χ0) is 28.7. The topological polar surface area (TPSA) is 66.5 Å². The molecule has 0 saturated carbocycles. The van der Waals surface area contributed by atoms with Gasteiger partial charge in [-0.3, -0.25) is 0 Å². The Kier molecular flexibility index (Phi) is 12.7. The van der Waals surface area contributed by atoms with Crippen LogP contribution in [0.1, 0.15) is 16.8 Å². The summed E-state index contributed by atoms with van der Waals surface area (Å²) < 4.78 is 32.1. The molecule has 0 aliphatic rings. The molecule has 0 aliphatic carbocycles. The lowest BCUT2D eigenvalue weighted by molar-refractivity contribution is 0.0502. The van der Waals surface area contributed by atoms with Crippen LogP contribution in [0.25, 0.3) is 0 Å². The molecule has 12 heteroatoms. The van der Waals surface area contributed by atoms with Crippen molar-refractivity contribution in [3.63, 3.8) is 0 Å². The minimum atomic E-state index is -2.60. The maximum atomic E-state index is 12.6. The number of hydrogen-bond donors (Lipinski definition) is 0. The smallest absolute Gasteiger partial charge is 0.338 e. The fraction of sp³-hybridized carbons (Fsp3) is 0.720. The average Bonchev–Trinajstić information content (AvgIpc) is 2.72. The van der Waals surface area contributed by atoms with Gasteiger partial charge in [-0.25, -0.2) is 4.79 Å². The predicted octanol–water partition coefficient (Wildman–Crippen LogP) is 7.01. The maximum Gasteiger partial charge on any atom is 0.338 e. The molecule has 1 aromatic carbocycles. The molecule has 0 fully saturated rings. The highest BCUT2D eigenvalue weighted by molar-refractivity contribution is 6.90. The molecular weight excluding hydrogens is 551 g/mol. The first-order valence-electron chi connectivity index (χ1n) is 13.3. The molecule has 7 nitrogen and oxygen atoms in total. The Morgan fingerprint density at radius 1 is 0.730 bits per heavy atom. The minimum Gasteiger partial charge on any atom is -0.462 e. The number of esters is 1. The molecule has 0 spiro atoms. The Hall–Kier alpha value is -0.586. The van der Waals surface area contributed by atoms with Crippen LogP contribution in [-0.4, -0.2) is 75.9 Å². The third-order valence-corrected chi connectivity index (χ3v) is 23.1. The molecule has 0 radical (unpaired) electrons. The van der Waals surface area contributed by atoms with E-state index in [9.17, 15) is 4.79 Å². The van der Waals surface area contributed by atoms with E-state index in [-0.39, 0.29) is 5.97 Å². The zero-order valence-electron chi connectivity index (χ0n) is 25.7. The van der Waals surface area contributed by atoms with Gasteiger partial charge in [0.2, 0.25) is 0 Å². The highest BCUT2D eigenvalue weighted by Gasteiger charge is 2.47. The number of nitrogens with zero attached hydrogens (tertiary/aromatic N) is 1. The SMILES string of the molecule is CO[Si](C)(C)CC[Si](C)(O[Si](C)(C)C)O[Si](C)(CCCOC(=O)c1ccc(N(C)C)cc1)O[Si](C)(C)C. The van der Waals surface area contributed by atoms with Gasteiger partial charge < -0.3 is 26.4 Å². The van der Waals surface area contributed by atoms with Crippen molar-refractivity contribution in [2.24, 2.45) is 0 Å². The molecule has 1 aromatic rings. The van der Waals surface area contributed by atoms with Crippen molar-refractivity contribution in [1.29, 1.82) is 0 Å². The van der Waals surface area contributed by atoms with Crippen LogP contribution in [0.2, 0.25) is 83.6 Å². The Labute approximate surface area is 232 Å². The van der Waals surface area contributed by atoms with Gasteiger partial charge in [0.1, 0.15) is 0 Å². The van der Waals surface area contributed by atoms with Gasteiger partial charge in [-0.1, -0.05) is 0 Å². The van der Waals surface area contributed by atoms with E-state index in [1.54, 1.807) is 0 Å². The lowest BCUT2D eigenvalue weighted by atomic mass is 10.2. The molecule has 214 valence electrons. The molecule has 0 heterocycles. The first-order chi connectivity index (χ1) is 16.7. The Morgan fingerprint density at radius 2 is 1.22 bits per heavy atom. The molecule has 2 unspecified atom stereocenters. The molecule has 0 N–H and O–H groups in total. The van der Waals surface area contributed by atoms with Gasteiger partial charge in [0, 0.05) is 26.9 Å². The first kappa shape index (κ1) is 34.4. The largest absolute Gasteiger partial charge is 0.462 e. The molecular formula is C25H53NO6Si5. The third kappa shape index (κ3) is 13.9. The molecule has 0 bridgehead atoms. The summed E-state index contributed by atoms with van der Waals surface area (Å²) in [4.78, 5) is 14.6. The van der Waals surface area contributed by atoms with Crippen LogP contribution in [0.5, 0.6) is 0 Å². The standard InChI is InChI=1S/C25H53NO6Si5/c1-26(2)24-17-15-23(16-18-24)25(27)29-19-14-20-36(12,30-33(4,5)6)32-37(13,31-34(7,8)9)22-21-35(10,11)28-3/h15-18H,14,19-22H2,1-13H3. The van der Waals surface area contributed by atoms with E-state index in [0.29, 0.717) is 18.6 Å². The van der Waals surface area contributed by atoms with E-state index in [0.717, 1.165) is 23.8 Å². The lowest BCUT2D eigenvalue weighted by Gasteiger charge is -2.43. The molecule has 0 amide bonds. The van der Waals surface area contributed by atoms with Crippen molar-refractivity contribution in [2.45, 2.75) is 90.0 Å². The van der Waals surface area contributed by atoms with Crippen LogP contribution in [-0.2, 0) is 21.5 Å². The lowest BCUT2D eigenvalue weighted by Crippen LogP contribution is -2.58. The van der Waals surface area contributed by atoms with Crippen LogP contribution in [0.4, 0.5) is 5.69 Å². The number of rotatable bonds is 16. The van der Waals surface area contributed by atoms with Crippen molar-refractivity contribution in [1.82, 2.24) is 0 Å². The Balaban J connectivity index is 2.94. The molecule has 1 rings (SSSR count). The summed E-state index contributed by atoms with van der Waals surface area (Å²) in [7, 11) is -4.85. The number of anilines is 1. The third-order valence-electron chi connectivity index (χ3n) is 5.84. The minimum absolute atomic E-state index is 0.297. The number of hydrogen-bond acceptors (Lipinski definition) is 7. The molecule has 37 heavy (non-hydrogen) atoms. The van der Waals surface area contributed by atoms with Crippen LogP contribution >= 0.6 is 0 Å². The van der Waals surface area contributed by atoms with Crippen LogP contribution in [0.15, 0.2) is 24.3 Å². The summed E-state index contributed by atoms with van der Waals surface area (Å²) in [6.07, 6.45) is 0.699. The monoisotopic (exact) mass is 603 g/mol. The van der Waals surface area contributed by atoms with Crippen molar-refractivity contribution >= 4 is 53.7 Å². The van der Waals surface area contributed by atoms with E-state index in [1.165, 1.54) is 0 Å². The van der Waals surface area contributed by atoms with Gasteiger partial charge >= 0.3 is 23.1 Å².